The van der Waals surface area contributed by atoms with Crippen molar-refractivity contribution < 1.29 is 14.6 Å². The summed E-state index contributed by atoms with van der Waals surface area (Å²) in [6, 6.07) is 8.61. The van der Waals surface area contributed by atoms with Gasteiger partial charge in [0, 0.05) is 67.6 Å². The lowest BCUT2D eigenvalue weighted by Crippen LogP contribution is -2.32. The molecule has 7 heteroatoms. The first-order chi connectivity index (χ1) is 18.1. The van der Waals surface area contributed by atoms with Gasteiger partial charge in [-0.2, -0.15) is 0 Å². The van der Waals surface area contributed by atoms with Crippen LogP contribution in [0.2, 0.25) is 0 Å². The van der Waals surface area contributed by atoms with E-state index in [-0.39, 0.29) is 6.10 Å². The predicted octanol–water partition coefficient (Wildman–Crippen LogP) is 4.44. The third-order valence-corrected chi connectivity index (χ3v) is 7.96. The maximum Gasteiger partial charge on any atom is 0.117 e. The molecule has 0 saturated carbocycles. The molecule has 0 amide bonds. The summed E-state index contributed by atoms with van der Waals surface area (Å²) in [5, 5.41) is 11.3. The smallest absolute Gasteiger partial charge is 0.117 e. The number of ether oxygens (including phenoxy) is 2. The molecule has 4 rings (SSSR count). The average molecular weight is 525 g/mol. The highest BCUT2D eigenvalue weighted by molar-refractivity contribution is 5.31. The Hall–Kier alpha value is -1.90. The Balaban J connectivity index is 1.45. The molecule has 0 aromatic carbocycles. The van der Waals surface area contributed by atoms with Gasteiger partial charge in [-0.05, 0) is 57.1 Å². The molecule has 0 radical (unpaired) electrons. The zero-order valence-electron chi connectivity index (χ0n) is 24.5. The molecular formula is C31H48N4O3. The van der Waals surface area contributed by atoms with E-state index in [2.05, 4.69) is 82.9 Å². The highest BCUT2D eigenvalue weighted by atomic mass is 16.5. The van der Waals surface area contributed by atoms with Crippen LogP contribution in [0.15, 0.2) is 24.3 Å². The molecule has 2 fully saturated rings. The van der Waals surface area contributed by atoms with Crippen molar-refractivity contribution in [1.82, 2.24) is 19.8 Å². The molecule has 2 aromatic heterocycles. The molecule has 38 heavy (non-hydrogen) atoms. The quantitative estimate of drug-likeness (QED) is 0.466. The number of nitrogens with zero attached hydrogens (tertiary/aromatic N) is 4. The Kier molecular flexibility index (Phi) is 9.58. The fraction of sp³-hybridized carbons (Fsp3) is 0.677. The fourth-order valence-electron chi connectivity index (χ4n) is 5.62. The van der Waals surface area contributed by atoms with Gasteiger partial charge in [0.1, 0.15) is 5.60 Å². The summed E-state index contributed by atoms with van der Waals surface area (Å²) in [7, 11) is 6.36. The second kappa shape index (κ2) is 12.5. The van der Waals surface area contributed by atoms with E-state index in [1.54, 1.807) is 0 Å². The van der Waals surface area contributed by atoms with Crippen LogP contribution in [0.4, 0.5) is 0 Å². The minimum atomic E-state index is -0.953. The number of hydrogen-bond donors (Lipinski definition) is 1. The van der Waals surface area contributed by atoms with Gasteiger partial charge in [0.2, 0.25) is 0 Å². The SMILES string of the molecule is CC(C)c1ccc([C@H]2COC(CN(C)Cc3nc(C(C)C)ccc3C3(O)CCOC3)C2)c(CCN(C)C)n1. The molecule has 2 unspecified atom stereocenters. The van der Waals surface area contributed by atoms with E-state index in [1.807, 2.05) is 0 Å². The molecule has 2 saturated heterocycles. The van der Waals surface area contributed by atoms with Crippen LogP contribution in [-0.4, -0.2) is 85.0 Å². The Bertz CT molecular complexity index is 1070. The molecule has 0 bridgehead atoms. The van der Waals surface area contributed by atoms with Crippen LogP contribution in [0.5, 0.6) is 0 Å². The molecule has 0 aliphatic carbocycles. The number of pyridine rings is 2. The van der Waals surface area contributed by atoms with Crippen LogP contribution in [0.3, 0.4) is 0 Å². The fourth-order valence-corrected chi connectivity index (χ4v) is 5.62. The third-order valence-electron chi connectivity index (χ3n) is 7.96. The summed E-state index contributed by atoms with van der Waals surface area (Å²) in [6.07, 6.45) is 2.72. The number of aromatic nitrogens is 2. The normalized spacial score (nSPS) is 24.0. The van der Waals surface area contributed by atoms with Crippen LogP contribution in [0, 0.1) is 0 Å². The molecule has 2 aliphatic heterocycles. The third kappa shape index (κ3) is 6.99. The van der Waals surface area contributed by atoms with Crippen LogP contribution in [0.25, 0.3) is 0 Å². The first-order valence-electron chi connectivity index (χ1n) is 14.3. The van der Waals surface area contributed by atoms with Gasteiger partial charge in [-0.15, -0.1) is 0 Å². The van der Waals surface area contributed by atoms with Crippen LogP contribution in [0.1, 0.15) is 92.2 Å². The minimum absolute atomic E-state index is 0.158. The number of rotatable bonds is 11. The van der Waals surface area contributed by atoms with E-state index < -0.39 is 5.60 Å². The molecule has 7 nitrogen and oxygen atoms in total. The summed E-state index contributed by atoms with van der Waals surface area (Å²) in [5.41, 5.74) is 5.68. The van der Waals surface area contributed by atoms with E-state index in [1.165, 1.54) is 17.0 Å². The maximum absolute atomic E-state index is 11.3. The van der Waals surface area contributed by atoms with Crippen molar-refractivity contribution in [2.45, 2.75) is 83.0 Å². The predicted molar refractivity (Wildman–Crippen MR) is 152 cm³/mol. The number of hydrogen-bond acceptors (Lipinski definition) is 7. The highest BCUT2D eigenvalue weighted by Gasteiger charge is 2.37. The van der Waals surface area contributed by atoms with Crippen molar-refractivity contribution in [1.29, 1.82) is 0 Å². The largest absolute Gasteiger partial charge is 0.383 e. The summed E-state index contributed by atoms with van der Waals surface area (Å²) in [4.78, 5) is 14.6. The van der Waals surface area contributed by atoms with Gasteiger partial charge in [-0.3, -0.25) is 14.9 Å². The molecule has 2 aliphatic rings. The van der Waals surface area contributed by atoms with Gasteiger partial charge in [-0.1, -0.05) is 39.8 Å². The number of likely N-dealkylation sites (N-methyl/N-ethyl adjacent to an activating group) is 2. The van der Waals surface area contributed by atoms with Gasteiger partial charge >= 0.3 is 0 Å². The molecule has 210 valence electrons. The lowest BCUT2D eigenvalue weighted by molar-refractivity contribution is 0.0211. The molecule has 1 N–H and O–H groups in total. The average Bonchev–Trinajstić information content (AvgIpc) is 3.52. The van der Waals surface area contributed by atoms with Crippen LogP contribution < -0.4 is 0 Å². The summed E-state index contributed by atoms with van der Waals surface area (Å²) in [5.74, 6) is 1.12. The second-order valence-corrected chi connectivity index (χ2v) is 12.3. The highest BCUT2D eigenvalue weighted by Crippen LogP contribution is 2.35. The van der Waals surface area contributed by atoms with Crippen LogP contribution in [-0.2, 0) is 28.0 Å². The molecular weight excluding hydrogens is 476 g/mol. The first-order valence-corrected chi connectivity index (χ1v) is 14.3. The van der Waals surface area contributed by atoms with Gasteiger partial charge in [0.25, 0.3) is 0 Å². The Morgan fingerprint density at radius 1 is 1.00 bits per heavy atom. The summed E-state index contributed by atoms with van der Waals surface area (Å²) < 4.78 is 11.9. The summed E-state index contributed by atoms with van der Waals surface area (Å²) in [6.45, 7) is 12.9. The topological polar surface area (TPSA) is 71.0 Å². The van der Waals surface area contributed by atoms with E-state index in [9.17, 15) is 5.11 Å². The van der Waals surface area contributed by atoms with Crippen molar-refractivity contribution in [3.8, 4) is 0 Å². The van der Waals surface area contributed by atoms with Gasteiger partial charge in [-0.25, -0.2) is 0 Å². The molecule has 4 heterocycles. The first kappa shape index (κ1) is 29.1. The van der Waals surface area contributed by atoms with Gasteiger partial charge < -0.3 is 19.5 Å². The van der Waals surface area contributed by atoms with Crippen molar-refractivity contribution in [2.24, 2.45) is 0 Å². The molecule has 0 spiro atoms. The Labute approximate surface area is 229 Å². The molecule has 3 atom stereocenters. The maximum atomic E-state index is 11.3. The van der Waals surface area contributed by atoms with Crippen molar-refractivity contribution >= 4 is 0 Å². The molecule has 2 aromatic rings. The van der Waals surface area contributed by atoms with Gasteiger partial charge in [0.05, 0.1) is 25.0 Å². The monoisotopic (exact) mass is 524 g/mol. The van der Waals surface area contributed by atoms with Crippen molar-refractivity contribution in [2.75, 3.05) is 54.1 Å². The zero-order chi connectivity index (χ0) is 27.4. The van der Waals surface area contributed by atoms with E-state index in [4.69, 9.17) is 19.4 Å². The lowest BCUT2D eigenvalue weighted by atomic mass is 9.90. The Morgan fingerprint density at radius 3 is 2.32 bits per heavy atom. The van der Waals surface area contributed by atoms with E-state index in [0.29, 0.717) is 43.9 Å². The van der Waals surface area contributed by atoms with Gasteiger partial charge in [0.15, 0.2) is 0 Å². The van der Waals surface area contributed by atoms with E-state index in [0.717, 1.165) is 49.5 Å². The summed E-state index contributed by atoms with van der Waals surface area (Å²) >= 11 is 0. The lowest BCUT2D eigenvalue weighted by Gasteiger charge is -2.27. The Morgan fingerprint density at radius 2 is 1.68 bits per heavy atom. The van der Waals surface area contributed by atoms with E-state index >= 15 is 0 Å². The number of aliphatic hydroxyl groups is 1. The zero-order valence-corrected chi connectivity index (χ0v) is 24.5. The van der Waals surface area contributed by atoms with Crippen LogP contribution >= 0.6 is 0 Å². The standard InChI is InChI=1S/C31H48N4O3/c1-21(2)27-10-8-25(29(32-27)12-14-34(5)6)23-16-24(38-19-23)17-35(7)18-30-26(31(36)13-15-37-20-31)9-11-28(33-30)22(3)4/h8-11,21-24,36H,12-20H2,1-7H3/t23-,24?,31?/m1/s1. The van der Waals surface area contributed by atoms with Crippen molar-refractivity contribution in [3.63, 3.8) is 0 Å². The minimum Gasteiger partial charge on any atom is -0.383 e. The van der Waals surface area contributed by atoms with Crippen molar-refractivity contribution in [3.05, 3.63) is 58.2 Å². The second-order valence-electron chi connectivity index (χ2n) is 12.3.